The highest BCUT2D eigenvalue weighted by Crippen LogP contribution is 2.21. The van der Waals surface area contributed by atoms with Gasteiger partial charge in [0.25, 0.3) is 0 Å². The van der Waals surface area contributed by atoms with Crippen LogP contribution < -0.4 is 5.32 Å². The summed E-state index contributed by atoms with van der Waals surface area (Å²) in [5, 5.41) is 3.44. The van der Waals surface area contributed by atoms with Crippen molar-refractivity contribution in [3.05, 3.63) is 49.6 Å². The summed E-state index contributed by atoms with van der Waals surface area (Å²) in [6, 6.07) is 0.585. The summed E-state index contributed by atoms with van der Waals surface area (Å²) < 4.78 is 0. The highest BCUT2D eigenvalue weighted by Gasteiger charge is 2.15. The minimum Gasteiger partial charge on any atom is -0.311 e. The highest BCUT2D eigenvalue weighted by atomic mass is 15.1. The average molecular weight is 534 g/mol. The molecule has 0 aromatic carbocycles. The fraction of sp³-hybridized carbons (Fsp3) is 0.771. The van der Waals surface area contributed by atoms with Gasteiger partial charge in [-0.15, -0.1) is 13.2 Å². The van der Waals surface area contributed by atoms with Crippen molar-refractivity contribution in [3.63, 3.8) is 0 Å². The van der Waals surface area contributed by atoms with Crippen molar-refractivity contribution in [2.45, 2.75) is 115 Å². The van der Waals surface area contributed by atoms with Crippen molar-refractivity contribution < 1.29 is 0 Å². The maximum Gasteiger partial charge on any atom is 0.0187 e. The van der Waals surface area contributed by atoms with Crippen LogP contribution in [0.5, 0.6) is 0 Å². The molecule has 0 aromatic heterocycles. The topological polar surface area (TPSA) is 18.5 Å². The number of rotatable bonds is 15. The van der Waals surface area contributed by atoms with Crippen molar-refractivity contribution in [1.29, 1.82) is 0 Å². The van der Waals surface area contributed by atoms with Crippen LogP contribution in [-0.4, -0.2) is 61.7 Å². The summed E-state index contributed by atoms with van der Waals surface area (Å²) in [4.78, 5) is 4.80. The van der Waals surface area contributed by atoms with Crippen LogP contribution in [0.3, 0.4) is 0 Å². The number of hydrogen-bond donors (Lipinski definition) is 1. The molecule has 0 heterocycles. The minimum absolute atomic E-state index is 0.394. The molecule has 1 atom stereocenters. The summed E-state index contributed by atoms with van der Waals surface area (Å²) >= 11 is 0. The van der Waals surface area contributed by atoms with Crippen LogP contribution in [-0.2, 0) is 0 Å². The quantitative estimate of drug-likeness (QED) is 0.211. The smallest absolute Gasteiger partial charge is 0.0187 e. The standard InChI is InChI=1S/C13H25N.2C11H23N/c1-6-10-14(11-7-2)12-8-9-13(3,4)5;1-9(2)8-12-10(3)7-11(4,5)6;1-7-12(8-10(2)3)9-11(4,5)6/h6-7H,1-2,8-12H2,3-5H3;10,12H,1,7-8H2,2-6H3;2,7-9H2,1,3-6H3. The number of likely N-dealkylation sites (N-methyl/N-ethyl adjacent to an activating group) is 1. The van der Waals surface area contributed by atoms with Crippen molar-refractivity contribution in [2.75, 3.05) is 45.8 Å². The molecule has 3 heteroatoms. The van der Waals surface area contributed by atoms with Gasteiger partial charge < -0.3 is 5.32 Å². The zero-order chi connectivity index (χ0) is 30.6. The Labute approximate surface area is 241 Å². The Morgan fingerprint density at radius 2 is 1.29 bits per heavy atom. The molecule has 1 N–H and O–H groups in total. The average Bonchev–Trinajstić information content (AvgIpc) is 2.69. The number of nitrogens with one attached hydrogen (secondary N) is 1. The van der Waals surface area contributed by atoms with Crippen LogP contribution in [0.15, 0.2) is 49.6 Å². The molecule has 0 spiro atoms. The van der Waals surface area contributed by atoms with Gasteiger partial charge in [0, 0.05) is 38.8 Å². The Bertz CT molecular complexity index is 615. The van der Waals surface area contributed by atoms with Crippen LogP contribution in [0.2, 0.25) is 0 Å². The predicted molar refractivity (Wildman–Crippen MR) is 178 cm³/mol. The van der Waals surface area contributed by atoms with E-state index in [1.54, 1.807) is 0 Å². The zero-order valence-corrected chi connectivity index (χ0v) is 28.5. The third-order valence-corrected chi connectivity index (χ3v) is 5.49. The van der Waals surface area contributed by atoms with Crippen LogP contribution in [0, 0.1) is 16.2 Å². The second kappa shape index (κ2) is 21.6. The first kappa shape index (κ1) is 41.3. The Morgan fingerprint density at radius 1 is 0.789 bits per heavy atom. The van der Waals surface area contributed by atoms with E-state index in [9.17, 15) is 0 Å². The molecule has 3 nitrogen and oxygen atoms in total. The SMILES string of the molecule is C=C(C)CN(CC)CC(C)(C)C.C=C(C)CNC(C)CC(C)(C)C.C=CCN(CC=C)CCCC(C)(C)C. The van der Waals surface area contributed by atoms with Gasteiger partial charge in [-0.1, -0.05) is 106 Å². The Kier molecular flexibility index (Phi) is 23.5. The molecule has 0 aromatic rings. The molecular formula is C35H71N3. The molecule has 1 unspecified atom stereocenters. The summed E-state index contributed by atoms with van der Waals surface area (Å²) in [6.45, 7) is 51.7. The van der Waals surface area contributed by atoms with Crippen molar-refractivity contribution >= 4 is 0 Å². The zero-order valence-electron chi connectivity index (χ0n) is 28.5. The first-order chi connectivity index (χ1) is 17.2. The van der Waals surface area contributed by atoms with E-state index >= 15 is 0 Å². The molecule has 0 amide bonds. The summed E-state index contributed by atoms with van der Waals surface area (Å²) in [6.07, 6.45) is 7.66. The van der Waals surface area contributed by atoms with Gasteiger partial charge >= 0.3 is 0 Å². The van der Waals surface area contributed by atoms with Gasteiger partial charge in [-0.3, -0.25) is 9.80 Å². The van der Waals surface area contributed by atoms with Crippen LogP contribution in [0.4, 0.5) is 0 Å². The molecule has 0 saturated heterocycles. The van der Waals surface area contributed by atoms with E-state index in [-0.39, 0.29) is 0 Å². The van der Waals surface area contributed by atoms with Crippen molar-refractivity contribution in [2.24, 2.45) is 16.2 Å². The molecule has 0 rings (SSSR count). The predicted octanol–water partition coefficient (Wildman–Crippen LogP) is 9.39. The van der Waals surface area contributed by atoms with Crippen LogP contribution in [0.25, 0.3) is 0 Å². The number of hydrogen-bond acceptors (Lipinski definition) is 3. The third-order valence-electron chi connectivity index (χ3n) is 5.49. The van der Waals surface area contributed by atoms with Crippen LogP contribution in [0.1, 0.15) is 109 Å². The molecule has 0 bridgehead atoms. The van der Waals surface area contributed by atoms with Crippen molar-refractivity contribution in [3.8, 4) is 0 Å². The molecular weight excluding hydrogens is 462 g/mol. The Hall–Kier alpha value is -1.16. The minimum atomic E-state index is 0.394. The molecule has 0 fully saturated rings. The summed E-state index contributed by atoms with van der Waals surface area (Å²) in [5.41, 5.74) is 3.72. The molecule has 0 saturated carbocycles. The Balaban J connectivity index is -0.000000486. The first-order valence-corrected chi connectivity index (χ1v) is 14.8. The van der Waals surface area contributed by atoms with Gasteiger partial charge in [-0.25, -0.2) is 0 Å². The van der Waals surface area contributed by atoms with E-state index in [0.29, 0.717) is 22.3 Å². The fourth-order valence-electron chi connectivity index (χ4n) is 4.13. The molecule has 0 aliphatic carbocycles. The van der Waals surface area contributed by atoms with E-state index in [4.69, 9.17) is 0 Å². The lowest BCUT2D eigenvalue weighted by molar-refractivity contribution is 0.213. The van der Waals surface area contributed by atoms with E-state index < -0.39 is 0 Å². The van der Waals surface area contributed by atoms with Gasteiger partial charge in [0.15, 0.2) is 0 Å². The van der Waals surface area contributed by atoms with Crippen molar-refractivity contribution in [1.82, 2.24) is 15.1 Å². The highest BCUT2D eigenvalue weighted by molar-refractivity contribution is 4.92. The van der Waals surface area contributed by atoms with Gasteiger partial charge in [0.05, 0.1) is 0 Å². The lowest BCUT2D eigenvalue weighted by atomic mass is 9.89. The molecule has 38 heavy (non-hydrogen) atoms. The second-order valence-electron chi connectivity index (χ2n) is 14.8. The maximum absolute atomic E-state index is 3.93. The lowest BCUT2D eigenvalue weighted by Crippen LogP contribution is -2.33. The largest absolute Gasteiger partial charge is 0.311 e. The third kappa shape index (κ3) is 37.0. The monoisotopic (exact) mass is 534 g/mol. The summed E-state index contributed by atoms with van der Waals surface area (Å²) in [7, 11) is 0. The maximum atomic E-state index is 3.93. The first-order valence-electron chi connectivity index (χ1n) is 14.8. The lowest BCUT2D eigenvalue weighted by Gasteiger charge is -2.28. The fourth-order valence-corrected chi connectivity index (χ4v) is 4.13. The van der Waals surface area contributed by atoms with Crippen LogP contribution >= 0.6 is 0 Å². The van der Waals surface area contributed by atoms with E-state index in [2.05, 4.69) is 131 Å². The Morgan fingerprint density at radius 3 is 1.61 bits per heavy atom. The molecule has 0 radical (unpaired) electrons. The molecule has 0 aliphatic heterocycles. The van der Waals surface area contributed by atoms with E-state index in [0.717, 1.165) is 45.8 Å². The summed E-state index contributed by atoms with van der Waals surface area (Å²) in [5.74, 6) is 0. The normalized spacial score (nSPS) is 12.7. The van der Waals surface area contributed by atoms with Gasteiger partial charge in [0.2, 0.25) is 0 Å². The molecule has 0 aliphatic rings. The van der Waals surface area contributed by atoms with E-state index in [1.807, 2.05) is 12.2 Å². The van der Waals surface area contributed by atoms with Gasteiger partial charge in [-0.05, 0) is 69.4 Å². The van der Waals surface area contributed by atoms with Gasteiger partial charge in [-0.2, -0.15) is 0 Å². The van der Waals surface area contributed by atoms with E-state index in [1.165, 1.54) is 30.4 Å². The molecule has 226 valence electrons. The second-order valence-corrected chi connectivity index (χ2v) is 14.8. The van der Waals surface area contributed by atoms with Gasteiger partial charge in [0.1, 0.15) is 0 Å². The number of nitrogens with zero attached hydrogens (tertiary/aromatic N) is 2.